The van der Waals surface area contributed by atoms with E-state index in [4.69, 9.17) is 5.11 Å². The zero-order valence-electron chi connectivity index (χ0n) is 15.3. The van der Waals surface area contributed by atoms with Crippen LogP contribution < -0.4 is 0 Å². The van der Waals surface area contributed by atoms with Gasteiger partial charge in [-0.15, -0.1) is 11.3 Å². The molecule has 0 aliphatic rings. The Morgan fingerprint density at radius 2 is 2.07 bits per heavy atom. The highest BCUT2D eigenvalue weighted by atomic mass is 32.1. The number of aryl methyl sites for hydroxylation is 1. The van der Waals surface area contributed by atoms with E-state index in [1.807, 2.05) is 25.1 Å². The first kappa shape index (κ1) is 20.0. The van der Waals surface area contributed by atoms with Crippen molar-refractivity contribution in [3.63, 3.8) is 0 Å². The van der Waals surface area contributed by atoms with Crippen LogP contribution in [0, 0.1) is 18.3 Å². The Balaban J connectivity index is 0.000000249. The van der Waals surface area contributed by atoms with Crippen LogP contribution in [0.25, 0.3) is 21.2 Å². The van der Waals surface area contributed by atoms with E-state index in [1.54, 1.807) is 24.5 Å². The van der Waals surface area contributed by atoms with Crippen molar-refractivity contribution in [3.8, 4) is 17.2 Å². The first-order valence-corrected chi connectivity index (χ1v) is 9.04. The van der Waals surface area contributed by atoms with Crippen molar-refractivity contribution in [3.05, 3.63) is 64.8 Å². The van der Waals surface area contributed by atoms with Gasteiger partial charge in [0, 0.05) is 46.4 Å². The summed E-state index contributed by atoms with van der Waals surface area (Å²) in [6.07, 6.45) is 4.60. The second-order valence-electron chi connectivity index (χ2n) is 5.57. The predicted molar refractivity (Wildman–Crippen MR) is 110 cm³/mol. The third-order valence-corrected chi connectivity index (χ3v) is 4.72. The number of carboxylic acid groups (broad SMARTS) is 1. The average Bonchev–Trinajstić information content (AvgIpc) is 3.10. The van der Waals surface area contributed by atoms with Gasteiger partial charge in [-0.3, -0.25) is 9.98 Å². The minimum absolute atomic E-state index is 0.220. The van der Waals surface area contributed by atoms with Crippen LogP contribution in [0.5, 0.6) is 0 Å². The molecule has 0 aliphatic carbocycles. The minimum atomic E-state index is -0.942. The smallest absolute Gasteiger partial charge is 0.336 e. The van der Waals surface area contributed by atoms with Crippen LogP contribution in [-0.2, 0) is 4.79 Å². The van der Waals surface area contributed by atoms with Crippen molar-refractivity contribution in [2.75, 3.05) is 7.05 Å². The lowest BCUT2D eigenvalue weighted by atomic mass is 10.0. The van der Waals surface area contributed by atoms with E-state index >= 15 is 0 Å². The quantitative estimate of drug-likeness (QED) is 0.521. The van der Waals surface area contributed by atoms with E-state index in [0.29, 0.717) is 5.56 Å². The molecule has 6 heteroatoms. The summed E-state index contributed by atoms with van der Waals surface area (Å²) in [7, 11) is 1.53. The maximum absolute atomic E-state index is 10.2. The van der Waals surface area contributed by atoms with Gasteiger partial charge < -0.3 is 5.11 Å². The van der Waals surface area contributed by atoms with E-state index in [-0.39, 0.29) is 5.57 Å². The second kappa shape index (κ2) is 9.41. The molecule has 0 fully saturated rings. The molecule has 0 amide bonds. The molecular weight excluding hydrogens is 358 g/mol. The lowest BCUT2D eigenvalue weighted by molar-refractivity contribution is -0.132. The maximum Gasteiger partial charge on any atom is 0.336 e. The van der Waals surface area contributed by atoms with Gasteiger partial charge in [0.2, 0.25) is 0 Å². The van der Waals surface area contributed by atoms with Gasteiger partial charge in [0.15, 0.2) is 0 Å². The average molecular weight is 377 g/mol. The summed E-state index contributed by atoms with van der Waals surface area (Å²) in [4.78, 5) is 18.0. The molecule has 27 heavy (non-hydrogen) atoms. The molecular formula is C21H19N3O2S. The lowest BCUT2D eigenvalue weighted by Gasteiger charge is -2.03. The zero-order valence-corrected chi connectivity index (χ0v) is 16.1. The lowest BCUT2D eigenvalue weighted by Crippen LogP contribution is -2.00. The normalized spacial score (nSPS) is 11.1. The van der Waals surface area contributed by atoms with E-state index in [1.165, 1.54) is 29.4 Å². The van der Waals surface area contributed by atoms with Crippen molar-refractivity contribution in [2.24, 2.45) is 4.99 Å². The van der Waals surface area contributed by atoms with Crippen LogP contribution in [0.2, 0.25) is 0 Å². The second-order valence-corrected chi connectivity index (χ2v) is 6.48. The Morgan fingerprint density at radius 1 is 1.33 bits per heavy atom. The number of carboxylic acids is 1. The van der Waals surface area contributed by atoms with Crippen molar-refractivity contribution in [1.82, 2.24) is 4.98 Å². The minimum Gasteiger partial charge on any atom is -0.478 e. The Morgan fingerprint density at radius 3 is 2.67 bits per heavy atom. The largest absolute Gasteiger partial charge is 0.478 e. The van der Waals surface area contributed by atoms with Gasteiger partial charge in [-0.2, -0.15) is 5.26 Å². The van der Waals surface area contributed by atoms with Gasteiger partial charge in [-0.05, 0) is 31.4 Å². The Bertz CT molecular complexity index is 1060. The SMILES string of the molecule is C/C=C(\C=NC)C(=O)O.Cc1cc(C#N)c(-c2csc3ccccc23)cn1. The molecule has 0 saturated carbocycles. The van der Waals surface area contributed by atoms with Gasteiger partial charge in [0.1, 0.15) is 0 Å². The fourth-order valence-electron chi connectivity index (χ4n) is 2.45. The number of aliphatic carboxylic acids is 1. The molecule has 1 N–H and O–H groups in total. The first-order chi connectivity index (χ1) is 13.0. The highest BCUT2D eigenvalue weighted by molar-refractivity contribution is 7.17. The van der Waals surface area contributed by atoms with Crippen LogP contribution in [0.3, 0.4) is 0 Å². The standard InChI is InChI=1S/C15H10N2S.C6H9NO2/c1-10-6-11(7-16)13(8-17-10)14-9-18-15-5-3-2-4-12(14)15;1-3-5(4-7-2)6(8)9/h2-6,8-9H,1H3;3-4H,1-2H3,(H,8,9)/b;5-3+,7-4?. The maximum atomic E-state index is 10.2. The molecule has 0 spiro atoms. The summed E-state index contributed by atoms with van der Waals surface area (Å²) < 4.78 is 1.23. The number of hydrogen-bond donors (Lipinski definition) is 1. The molecule has 0 atom stereocenters. The predicted octanol–water partition coefficient (Wildman–Crippen LogP) is 4.86. The van der Waals surface area contributed by atoms with Crippen LogP contribution in [0.4, 0.5) is 0 Å². The molecule has 0 aliphatic heterocycles. The third kappa shape index (κ3) is 4.87. The van der Waals surface area contributed by atoms with Crippen LogP contribution >= 0.6 is 11.3 Å². The monoisotopic (exact) mass is 377 g/mol. The summed E-state index contributed by atoms with van der Waals surface area (Å²) >= 11 is 1.69. The number of nitriles is 1. The number of nitrogens with zero attached hydrogens (tertiary/aromatic N) is 3. The molecule has 0 bridgehead atoms. The van der Waals surface area contributed by atoms with Gasteiger partial charge in [0.25, 0.3) is 0 Å². The molecule has 3 rings (SSSR count). The number of thiophene rings is 1. The number of fused-ring (bicyclic) bond motifs is 1. The Hall–Kier alpha value is -3.30. The van der Waals surface area contributed by atoms with Crippen molar-refractivity contribution in [2.45, 2.75) is 13.8 Å². The number of pyridine rings is 1. The van der Waals surface area contributed by atoms with E-state index < -0.39 is 5.97 Å². The van der Waals surface area contributed by atoms with Crippen molar-refractivity contribution in [1.29, 1.82) is 5.26 Å². The fraction of sp³-hybridized carbons (Fsp3) is 0.143. The number of aromatic nitrogens is 1. The third-order valence-electron chi connectivity index (χ3n) is 3.76. The molecule has 0 saturated heterocycles. The van der Waals surface area contributed by atoms with Gasteiger partial charge >= 0.3 is 5.97 Å². The number of allylic oxidation sites excluding steroid dienone is 1. The van der Waals surface area contributed by atoms with Gasteiger partial charge in [0.05, 0.1) is 17.2 Å². The van der Waals surface area contributed by atoms with Crippen LogP contribution in [-0.4, -0.2) is 29.3 Å². The van der Waals surface area contributed by atoms with E-state index in [2.05, 4.69) is 33.6 Å². The number of benzene rings is 1. The summed E-state index contributed by atoms with van der Waals surface area (Å²) in [5, 5.41) is 20.9. The summed E-state index contributed by atoms with van der Waals surface area (Å²) in [6, 6.07) is 12.3. The molecule has 0 unspecified atom stereocenters. The summed E-state index contributed by atoms with van der Waals surface area (Å²) in [5.74, 6) is -0.942. The van der Waals surface area contributed by atoms with E-state index in [9.17, 15) is 10.1 Å². The zero-order chi connectivity index (χ0) is 19.8. The Kier molecular flexibility index (Phi) is 6.98. The van der Waals surface area contributed by atoms with Crippen LogP contribution in [0.15, 0.2) is 58.6 Å². The van der Waals surface area contributed by atoms with Gasteiger partial charge in [-0.25, -0.2) is 4.79 Å². The van der Waals surface area contributed by atoms with Gasteiger partial charge in [-0.1, -0.05) is 24.3 Å². The Labute approximate surface area is 162 Å². The number of rotatable bonds is 3. The van der Waals surface area contributed by atoms with Crippen LogP contribution in [0.1, 0.15) is 18.2 Å². The molecule has 136 valence electrons. The number of hydrogen-bond acceptors (Lipinski definition) is 5. The molecule has 3 aromatic rings. The highest BCUT2D eigenvalue weighted by Crippen LogP contribution is 2.35. The highest BCUT2D eigenvalue weighted by Gasteiger charge is 2.10. The summed E-state index contributed by atoms with van der Waals surface area (Å²) in [6.45, 7) is 3.56. The number of carbonyl (C=O) groups is 1. The number of aliphatic imine (C=N–C) groups is 1. The molecule has 1 aromatic carbocycles. The fourth-order valence-corrected chi connectivity index (χ4v) is 3.41. The molecule has 2 aromatic heterocycles. The summed E-state index contributed by atoms with van der Waals surface area (Å²) in [5.41, 5.74) is 3.79. The van der Waals surface area contributed by atoms with E-state index in [0.717, 1.165) is 16.8 Å². The van der Waals surface area contributed by atoms with Crippen molar-refractivity contribution < 1.29 is 9.90 Å². The molecule has 0 radical (unpaired) electrons. The molecule has 5 nitrogen and oxygen atoms in total. The topological polar surface area (TPSA) is 86.3 Å². The molecule has 2 heterocycles. The van der Waals surface area contributed by atoms with Crippen molar-refractivity contribution >= 4 is 33.6 Å². The first-order valence-electron chi connectivity index (χ1n) is 8.17.